The van der Waals surface area contributed by atoms with Crippen LogP contribution in [0.4, 0.5) is 0 Å². The normalized spacial score (nSPS) is 22.1. The van der Waals surface area contributed by atoms with Crippen molar-refractivity contribution < 1.29 is 9.53 Å². The van der Waals surface area contributed by atoms with Gasteiger partial charge < -0.3 is 9.53 Å². The summed E-state index contributed by atoms with van der Waals surface area (Å²) < 4.78 is 5.34. The number of hydrogen-bond acceptors (Lipinski definition) is 2. The summed E-state index contributed by atoms with van der Waals surface area (Å²) in [7, 11) is 0. The monoisotopic (exact) mass is 170 g/mol. The third kappa shape index (κ3) is 2.31. The topological polar surface area (TPSA) is 26.3 Å². The van der Waals surface area contributed by atoms with Crippen LogP contribution in [0.1, 0.15) is 39.0 Å². The minimum atomic E-state index is -0.131. The Kier molecular flexibility index (Phi) is 3.73. The predicted octanol–water partition coefficient (Wildman–Crippen LogP) is 2.17. The van der Waals surface area contributed by atoms with Crippen LogP contribution in [0, 0.1) is 5.41 Å². The third-order valence-electron chi connectivity index (χ3n) is 2.69. The van der Waals surface area contributed by atoms with E-state index in [4.69, 9.17) is 4.74 Å². The maximum Gasteiger partial charge on any atom is 0.128 e. The Morgan fingerprint density at radius 2 is 2.00 bits per heavy atom. The van der Waals surface area contributed by atoms with E-state index < -0.39 is 0 Å². The zero-order valence-electron chi connectivity index (χ0n) is 7.84. The van der Waals surface area contributed by atoms with E-state index >= 15 is 0 Å². The summed E-state index contributed by atoms with van der Waals surface area (Å²) in [5.41, 5.74) is -0.131. The molecule has 70 valence electrons. The van der Waals surface area contributed by atoms with Crippen molar-refractivity contribution in [3.05, 3.63) is 0 Å². The van der Waals surface area contributed by atoms with Gasteiger partial charge in [-0.1, -0.05) is 19.3 Å². The highest BCUT2D eigenvalue weighted by Crippen LogP contribution is 2.34. The van der Waals surface area contributed by atoms with E-state index in [0.717, 1.165) is 25.7 Å². The molecule has 2 heteroatoms. The smallest absolute Gasteiger partial charge is 0.128 e. The lowest BCUT2D eigenvalue weighted by molar-refractivity contribution is -0.121. The van der Waals surface area contributed by atoms with Crippen LogP contribution >= 0.6 is 0 Å². The number of ether oxygens (including phenoxy) is 1. The minimum Gasteiger partial charge on any atom is -0.381 e. The molecule has 0 amide bonds. The van der Waals surface area contributed by atoms with Gasteiger partial charge in [0.15, 0.2) is 0 Å². The first-order valence-corrected chi connectivity index (χ1v) is 4.87. The summed E-state index contributed by atoms with van der Waals surface area (Å²) in [6.45, 7) is 3.32. The molecule has 0 saturated heterocycles. The van der Waals surface area contributed by atoms with Crippen molar-refractivity contribution in [2.45, 2.75) is 39.0 Å². The van der Waals surface area contributed by atoms with E-state index in [-0.39, 0.29) is 5.41 Å². The molecule has 0 aromatic heterocycles. The summed E-state index contributed by atoms with van der Waals surface area (Å²) >= 11 is 0. The van der Waals surface area contributed by atoms with Crippen LogP contribution in [0.5, 0.6) is 0 Å². The van der Waals surface area contributed by atoms with Gasteiger partial charge in [-0.15, -0.1) is 0 Å². The molecule has 0 atom stereocenters. The fourth-order valence-electron chi connectivity index (χ4n) is 1.86. The largest absolute Gasteiger partial charge is 0.381 e. The number of aldehydes is 1. The molecule has 0 unspecified atom stereocenters. The minimum absolute atomic E-state index is 0.131. The molecule has 0 aromatic rings. The summed E-state index contributed by atoms with van der Waals surface area (Å²) in [5.74, 6) is 0. The molecule has 12 heavy (non-hydrogen) atoms. The number of carbonyl (C=O) groups is 1. The van der Waals surface area contributed by atoms with Crippen molar-refractivity contribution in [3.63, 3.8) is 0 Å². The van der Waals surface area contributed by atoms with Gasteiger partial charge in [0.25, 0.3) is 0 Å². The van der Waals surface area contributed by atoms with Crippen LogP contribution in [0.25, 0.3) is 0 Å². The van der Waals surface area contributed by atoms with Gasteiger partial charge in [0, 0.05) is 12.0 Å². The van der Waals surface area contributed by atoms with Crippen molar-refractivity contribution >= 4 is 6.29 Å². The van der Waals surface area contributed by atoms with Crippen molar-refractivity contribution in [2.75, 3.05) is 13.2 Å². The van der Waals surface area contributed by atoms with Gasteiger partial charge in [-0.25, -0.2) is 0 Å². The standard InChI is InChI=1S/C10H18O2/c1-2-12-9-10(8-11)6-4-3-5-7-10/h8H,2-7,9H2,1H3. The van der Waals surface area contributed by atoms with Crippen LogP contribution in [0.15, 0.2) is 0 Å². The van der Waals surface area contributed by atoms with Gasteiger partial charge >= 0.3 is 0 Å². The van der Waals surface area contributed by atoms with Crippen molar-refractivity contribution in [2.24, 2.45) is 5.41 Å². The van der Waals surface area contributed by atoms with E-state index in [1.54, 1.807) is 0 Å². The van der Waals surface area contributed by atoms with Crippen LogP contribution < -0.4 is 0 Å². The van der Waals surface area contributed by atoms with Gasteiger partial charge in [-0.2, -0.15) is 0 Å². The lowest BCUT2D eigenvalue weighted by Crippen LogP contribution is -2.31. The molecular weight excluding hydrogens is 152 g/mol. The maximum atomic E-state index is 10.9. The second-order valence-corrected chi connectivity index (χ2v) is 3.68. The van der Waals surface area contributed by atoms with Crippen LogP contribution in [-0.4, -0.2) is 19.5 Å². The number of rotatable bonds is 4. The van der Waals surface area contributed by atoms with Crippen molar-refractivity contribution in [3.8, 4) is 0 Å². The lowest BCUT2D eigenvalue weighted by Gasteiger charge is -2.31. The van der Waals surface area contributed by atoms with Crippen molar-refractivity contribution in [1.82, 2.24) is 0 Å². The second-order valence-electron chi connectivity index (χ2n) is 3.68. The summed E-state index contributed by atoms with van der Waals surface area (Å²) in [6.07, 6.45) is 6.81. The first kappa shape index (κ1) is 9.72. The molecule has 0 aromatic carbocycles. The average molecular weight is 170 g/mol. The summed E-state index contributed by atoms with van der Waals surface area (Å²) in [6, 6.07) is 0. The van der Waals surface area contributed by atoms with Crippen LogP contribution in [0.3, 0.4) is 0 Å². The van der Waals surface area contributed by atoms with Crippen LogP contribution in [-0.2, 0) is 9.53 Å². The molecule has 1 rings (SSSR count). The fourth-order valence-corrected chi connectivity index (χ4v) is 1.86. The van der Waals surface area contributed by atoms with Gasteiger partial charge in [-0.3, -0.25) is 0 Å². The molecule has 1 aliphatic rings. The molecular formula is C10H18O2. The SMILES string of the molecule is CCOCC1(C=O)CCCCC1. The lowest BCUT2D eigenvalue weighted by atomic mass is 9.76. The Morgan fingerprint density at radius 1 is 1.33 bits per heavy atom. The maximum absolute atomic E-state index is 10.9. The predicted molar refractivity (Wildman–Crippen MR) is 48.1 cm³/mol. The zero-order valence-corrected chi connectivity index (χ0v) is 7.84. The highest BCUT2D eigenvalue weighted by atomic mass is 16.5. The highest BCUT2D eigenvalue weighted by molar-refractivity contribution is 5.59. The summed E-state index contributed by atoms with van der Waals surface area (Å²) in [4.78, 5) is 10.9. The molecule has 0 bridgehead atoms. The Labute approximate surface area is 74.3 Å². The summed E-state index contributed by atoms with van der Waals surface area (Å²) in [5, 5.41) is 0. The molecule has 1 aliphatic carbocycles. The molecule has 2 nitrogen and oxygen atoms in total. The van der Waals surface area contributed by atoms with E-state index in [1.807, 2.05) is 6.92 Å². The molecule has 1 fully saturated rings. The molecule has 0 heterocycles. The molecule has 0 radical (unpaired) electrons. The van der Waals surface area contributed by atoms with Crippen LogP contribution in [0.2, 0.25) is 0 Å². The highest BCUT2D eigenvalue weighted by Gasteiger charge is 2.31. The van der Waals surface area contributed by atoms with Gasteiger partial charge in [-0.05, 0) is 19.8 Å². The Balaban J connectivity index is 2.42. The average Bonchev–Trinajstić information content (AvgIpc) is 2.16. The molecule has 0 spiro atoms. The number of hydrogen-bond donors (Lipinski definition) is 0. The fraction of sp³-hybridized carbons (Fsp3) is 0.900. The van der Waals surface area contributed by atoms with E-state index in [0.29, 0.717) is 6.61 Å². The first-order valence-electron chi connectivity index (χ1n) is 4.87. The van der Waals surface area contributed by atoms with Crippen molar-refractivity contribution in [1.29, 1.82) is 0 Å². The first-order chi connectivity index (χ1) is 5.83. The van der Waals surface area contributed by atoms with E-state index in [9.17, 15) is 4.79 Å². The second kappa shape index (κ2) is 4.61. The molecule has 1 saturated carbocycles. The third-order valence-corrected chi connectivity index (χ3v) is 2.69. The Hall–Kier alpha value is -0.370. The zero-order chi connectivity index (χ0) is 8.86. The Bertz CT molecular complexity index is 137. The molecule has 0 N–H and O–H groups in total. The molecule has 0 aliphatic heterocycles. The Morgan fingerprint density at radius 3 is 2.50 bits per heavy atom. The van der Waals surface area contributed by atoms with E-state index in [2.05, 4.69) is 0 Å². The van der Waals surface area contributed by atoms with E-state index in [1.165, 1.54) is 19.3 Å². The van der Waals surface area contributed by atoms with Gasteiger partial charge in [0.1, 0.15) is 6.29 Å². The van der Waals surface area contributed by atoms with Gasteiger partial charge in [0.05, 0.1) is 6.61 Å². The van der Waals surface area contributed by atoms with Gasteiger partial charge in [0.2, 0.25) is 0 Å². The quantitative estimate of drug-likeness (QED) is 0.604. The number of carbonyl (C=O) groups excluding carboxylic acids is 1.